The van der Waals surface area contributed by atoms with Crippen LogP contribution < -0.4 is 10.9 Å². The van der Waals surface area contributed by atoms with Gasteiger partial charge in [0.1, 0.15) is 5.69 Å². The lowest BCUT2D eigenvalue weighted by atomic mass is 10.2. The summed E-state index contributed by atoms with van der Waals surface area (Å²) in [5.41, 5.74) is 1.86. The van der Waals surface area contributed by atoms with E-state index in [1.165, 1.54) is 4.57 Å². The average molecular weight is 332 g/mol. The fourth-order valence-corrected chi connectivity index (χ4v) is 3.56. The van der Waals surface area contributed by atoms with E-state index >= 15 is 0 Å². The third kappa shape index (κ3) is 3.01. The van der Waals surface area contributed by atoms with Gasteiger partial charge in [0, 0.05) is 25.2 Å². The van der Waals surface area contributed by atoms with Gasteiger partial charge in [0.05, 0.1) is 16.7 Å². The van der Waals surface area contributed by atoms with E-state index in [0.29, 0.717) is 12.2 Å². The zero-order chi connectivity index (χ0) is 16.6. The van der Waals surface area contributed by atoms with Crippen LogP contribution in [0.25, 0.3) is 0 Å². The molecule has 122 valence electrons. The highest BCUT2D eigenvalue weighted by Gasteiger charge is 2.32. The third-order valence-electron chi connectivity index (χ3n) is 4.20. The fraction of sp³-hybridized carbons (Fsp3) is 0.438. The van der Waals surface area contributed by atoms with Crippen LogP contribution in [-0.2, 0) is 7.05 Å². The SMILES string of the molecule is Cc1nc([C@H]2CCCN2C(=O)Nc2c(C)ccn(C)c2=O)cs1. The predicted molar refractivity (Wildman–Crippen MR) is 91.0 cm³/mol. The van der Waals surface area contributed by atoms with E-state index in [1.807, 2.05) is 25.3 Å². The van der Waals surface area contributed by atoms with Gasteiger partial charge in [-0.2, -0.15) is 0 Å². The quantitative estimate of drug-likeness (QED) is 0.919. The molecule has 0 radical (unpaired) electrons. The summed E-state index contributed by atoms with van der Waals surface area (Å²) in [6, 6.07) is 1.58. The molecule has 0 saturated carbocycles. The molecule has 0 unspecified atom stereocenters. The van der Waals surface area contributed by atoms with Gasteiger partial charge in [-0.05, 0) is 38.3 Å². The molecule has 3 heterocycles. The van der Waals surface area contributed by atoms with Gasteiger partial charge in [-0.1, -0.05) is 0 Å². The molecule has 1 N–H and O–H groups in total. The number of aromatic nitrogens is 2. The van der Waals surface area contributed by atoms with Crippen LogP contribution in [0.5, 0.6) is 0 Å². The van der Waals surface area contributed by atoms with E-state index in [4.69, 9.17) is 0 Å². The van der Waals surface area contributed by atoms with Crippen molar-refractivity contribution in [3.05, 3.63) is 44.3 Å². The van der Waals surface area contributed by atoms with Gasteiger partial charge >= 0.3 is 6.03 Å². The van der Waals surface area contributed by atoms with E-state index in [2.05, 4.69) is 10.3 Å². The molecule has 0 bridgehead atoms. The van der Waals surface area contributed by atoms with Crippen molar-refractivity contribution in [3.63, 3.8) is 0 Å². The first kappa shape index (κ1) is 15.7. The Hall–Kier alpha value is -2.15. The van der Waals surface area contributed by atoms with E-state index in [1.54, 1.807) is 29.5 Å². The molecule has 1 aliphatic heterocycles. The normalized spacial score (nSPS) is 17.5. The van der Waals surface area contributed by atoms with Gasteiger partial charge in [-0.3, -0.25) is 4.79 Å². The summed E-state index contributed by atoms with van der Waals surface area (Å²) in [5.74, 6) is 0. The molecule has 1 aliphatic rings. The largest absolute Gasteiger partial charge is 0.322 e. The molecule has 3 rings (SSSR count). The van der Waals surface area contributed by atoms with Gasteiger partial charge < -0.3 is 14.8 Å². The highest BCUT2D eigenvalue weighted by atomic mass is 32.1. The van der Waals surface area contributed by atoms with E-state index in [0.717, 1.165) is 29.1 Å². The fourth-order valence-electron chi connectivity index (χ4n) is 2.90. The van der Waals surface area contributed by atoms with E-state index in [-0.39, 0.29) is 17.6 Å². The van der Waals surface area contributed by atoms with Gasteiger partial charge in [0.25, 0.3) is 5.56 Å². The maximum absolute atomic E-state index is 12.7. The molecule has 2 amide bonds. The number of amides is 2. The second-order valence-corrected chi connectivity index (χ2v) is 6.92. The number of nitrogens with one attached hydrogen (secondary N) is 1. The number of pyridine rings is 1. The lowest BCUT2D eigenvalue weighted by molar-refractivity contribution is 0.206. The highest BCUT2D eigenvalue weighted by Crippen LogP contribution is 2.32. The molecule has 23 heavy (non-hydrogen) atoms. The highest BCUT2D eigenvalue weighted by molar-refractivity contribution is 7.09. The molecule has 0 spiro atoms. The number of nitrogens with zero attached hydrogens (tertiary/aromatic N) is 3. The van der Waals surface area contributed by atoms with Crippen molar-refractivity contribution in [2.75, 3.05) is 11.9 Å². The van der Waals surface area contributed by atoms with Crippen LogP contribution in [0.3, 0.4) is 0 Å². The number of hydrogen-bond acceptors (Lipinski definition) is 4. The molecular weight excluding hydrogens is 312 g/mol. The molecule has 2 aromatic rings. The number of carbonyl (C=O) groups excluding carboxylic acids is 1. The minimum atomic E-state index is -0.232. The van der Waals surface area contributed by atoms with Crippen LogP contribution in [0.15, 0.2) is 22.4 Å². The van der Waals surface area contributed by atoms with Crippen LogP contribution in [0, 0.1) is 13.8 Å². The number of thiazole rings is 1. The first-order chi connectivity index (χ1) is 11.0. The molecular formula is C16H20N4O2S. The van der Waals surface area contributed by atoms with Crippen molar-refractivity contribution < 1.29 is 4.79 Å². The van der Waals surface area contributed by atoms with E-state index < -0.39 is 0 Å². The summed E-state index contributed by atoms with van der Waals surface area (Å²) in [4.78, 5) is 31.2. The maximum atomic E-state index is 12.7. The summed E-state index contributed by atoms with van der Waals surface area (Å²) >= 11 is 1.59. The topological polar surface area (TPSA) is 67.2 Å². The van der Waals surface area contributed by atoms with Gasteiger partial charge in [-0.15, -0.1) is 11.3 Å². The maximum Gasteiger partial charge on any atom is 0.322 e. The van der Waals surface area contributed by atoms with Crippen molar-refractivity contribution >= 4 is 23.1 Å². The van der Waals surface area contributed by atoms with Crippen LogP contribution >= 0.6 is 11.3 Å². The Morgan fingerprint density at radius 1 is 1.43 bits per heavy atom. The Bertz CT molecular complexity index is 796. The molecule has 0 aliphatic carbocycles. The third-order valence-corrected chi connectivity index (χ3v) is 4.99. The molecule has 2 aromatic heterocycles. The summed E-state index contributed by atoms with van der Waals surface area (Å²) in [6.07, 6.45) is 3.55. The first-order valence-corrected chi connectivity index (χ1v) is 8.51. The zero-order valence-corrected chi connectivity index (χ0v) is 14.3. The Labute approximate surface area is 138 Å². The lowest BCUT2D eigenvalue weighted by Gasteiger charge is -2.24. The molecule has 1 saturated heterocycles. The molecule has 7 heteroatoms. The Morgan fingerprint density at radius 2 is 2.22 bits per heavy atom. The smallest absolute Gasteiger partial charge is 0.317 e. The van der Waals surface area contributed by atoms with Crippen molar-refractivity contribution in [2.45, 2.75) is 32.7 Å². The van der Waals surface area contributed by atoms with Gasteiger partial charge in [0.15, 0.2) is 0 Å². The van der Waals surface area contributed by atoms with Gasteiger partial charge in [0.2, 0.25) is 0 Å². The number of carbonyl (C=O) groups is 1. The minimum Gasteiger partial charge on any atom is -0.317 e. The molecule has 1 fully saturated rings. The first-order valence-electron chi connectivity index (χ1n) is 7.63. The van der Waals surface area contributed by atoms with Crippen molar-refractivity contribution in [1.29, 1.82) is 0 Å². The zero-order valence-electron chi connectivity index (χ0n) is 13.5. The second-order valence-electron chi connectivity index (χ2n) is 5.86. The monoisotopic (exact) mass is 332 g/mol. The Balaban J connectivity index is 1.83. The number of likely N-dealkylation sites (tertiary alicyclic amines) is 1. The molecule has 1 atom stereocenters. The number of urea groups is 1. The van der Waals surface area contributed by atoms with E-state index in [9.17, 15) is 9.59 Å². The van der Waals surface area contributed by atoms with Crippen LogP contribution in [-0.4, -0.2) is 27.0 Å². The molecule has 6 nitrogen and oxygen atoms in total. The standard InChI is InChI=1S/C16H20N4O2S/c1-10-6-8-19(3)15(21)14(10)18-16(22)20-7-4-5-13(20)12-9-23-11(2)17-12/h6,8-9,13H,4-5,7H2,1-3H3,(H,18,22)/t13-/m1/s1. The average Bonchev–Trinajstić information content (AvgIpc) is 3.15. The minimum absolute atomic E-state index is 0.00665. The predicted octanol–water partition coefficient (Wildman–Crippen LogP) is 2.83. The second kappa shape index (κ2) is 6.16. The number of rotatable bonds is 2. The number of aryl methyl sites for hydroxylation is 3. The van der Waals surface area contributed by atoms with Crippen LogP contribution in [0.2, 0.25) is 0 Å². The summed E-state index contributed by atoms with van der Waals surface area (Å²) < 4.78 is 1.47. The Morgan fingerprint density at radius 3 is 2.91 bits per heavy atom. The van der Waals surface area contributed by atoms with Crippen LogP contribution in [0.1, 0.15) is 35.1 Å². The lowest BCUT2D eigenvalue weighted by Crippen LogP contribution is -2.37. The summed E-state index contributed by atoms with van der Waals surface area (Å²) in [5, 5.41) is 5.81. The van der Waals surface area contributed by atoms with Crippen molar-refractivity contribution in [3.8, 4) is 0 Å². The molecule has 0 aromatic carbocycles. The Kier molecular flexibility index (Phi) is 4.21. The number of anilines is 1. The summed E-state index contributed by atoms with van der Waals surface area (Å²) in [6.45, 7) is 4.46. The summed E-state index contributed by atoms with van der Waals surface area (Å²) in [7, 11) is 1.67. The van der Waals surface area contributed by atoms with Gasteiger partial charge in [-0.25, -0.2) is 9.78 Å². The van der Waals surface area contributed by atoms with Crippen molar-refractivity contribution in [2.24, 2.45) is 7.05 Å². The van der Waals surface area contributed by atoms with Crippen LogP contribution in [0.4, 0.5) is 10.5 Å². The van der Waals surface area contributed by atoms with Crippen molar-refractivity contribution in [1.82, 2.24) is 14.5 Å². The number of hydrogen-bond donors (Lipinski definition) is 1.